The Morgan fingerprint density at radius 2 is 1.62 bits per heavy atom. The summed E-state index contributed by atoms with van der Waals surface area (Å²) in [4.78, 5) is 37.9. The molecule has 4 rings (SSSR count). The standard InChI is InChI=1S/C31H29N3O6/c1-39-26-14-15-28(40-2)24(19-26)11-16-29(35)33-27(18-20-7-8-21-5-3-4-6-23(21)17-20)31(37)32-25-12-9-22(10-13-25)30(36)34-38/h3-17,19,27,38H,18H2,1-2H3,(H,32,37)(H,33,35)(H,34,36)/b16-11+/t27-/m0/s1. The van der Waals surface area contributed by atoms with Gasteiger partial charge in [-0.25, -0.2) is 5.48 Å². The molecule has 3 amide bonds. The molecule has 9 heteroatoms. The van der Waals surface area contributed by atoms with Crippen LogP contribution in [0.2, 0.25) is 0 Å². The molecule has 0 aliphatic heterocycles. The molecule has 4 N–H and O–H groups in total. The van der Waals surface area contributed by atoms with Crippen LogP contribution in [-0.2, 0) is 16.0 Å². The Morgan fingerprint density at radius 1 is 0.875 bits per heavy atom. The Bertz CT molecular complexity index is 1550. The number of fused-ring (bicyclic) bond motifs is 1. The van der Waals surface area contributed by atoms with Crippen LogP contribution in [0.5, 0.6) is 11.5 Å². The minimum atomic E-state index is -0.911. The maximum Gasteiger partial charge on any atom is 0.274 e. The van der Waals surface area contributed by atoms with Gasteiger partial charge in [-0.2, -0.15) is 0 Å². The van der Waals surface area contributed by atoms with Crippen LogP contribution in [0.1, 0.15) is 21.5 Å². The highest BCUT2D eigenvalue weighted by Gasteiger charge is 2.21. The van der Waals surface area contributed by atoms with Crippen LogP contribution in [0.15, 0.2) is 91.0 Å². The quantitative estimate of drug-likeness (QED) is 0.135. The second-order valence-corrected chi connectivity index (χ2v) is 8.90. The van der Waals surface area contributed by atoms with E-state index in [1.807, 2.05) is 42.5 Å². The number of methoxy groups -OCH3 is 2. The first-order chi connectivity index (χ1) is 19.4. The number of hydrogen-bond donors (Lipinski definition) is 4. The molecule has 0 heterocycles. The number of hydrogen-bond acceptors (Lipinski definition) is 6. The SMILES string of the molecule is COc1ccc(OC)c(/C=C/C(=O)N[C@@H](Cc2ccc3ccccc3c2)C(=O)Nc2ccc(C(=O)NO)cc2)c1. The van der Waals surface area contributed by atoms with E-state index in [1.165, 1.54) is 37.5 Å². The molecule has 40 heavy (non-hydrogen) atoms. The van der Waals surface area contributed by atoms with Gasteiger partial charge in [0, 0.05) is 29.3 Å². The van der Waals surface area contributed by atoms with E-state index in [9.17, 15) is 14.4 Å². The predicted octanol–water partition coefficient (Wildman–Crippen LogP) is 4.36. The van der Waals surface area contributed by atoms with Gasteiger partial charge in [0.1, 0.15) is 17.5 Å². The lowest BCUT2D eigenvalue weighted by Gasteiger charge is -2.18. The van der Waals surface area contributed by atoms with Crippen molar-refractivity contribution < 1.29 is 29.1 Å². The van der Waals surface area contributed by atoms with Crippen LogP contribution in [0.25, 0.3) is 16.8 Å². The van der Waals surface area contributed by atoms with E-state index in [1.54, 1.807) is 36.9 Å². The van der Waals surface area contributed by atoms with Crippen LogP contribution in [0, 0.1) is 0 Å². The maximum atomic E-state index is 13.3. The molecule has 0 spiro atoms. The summed E-state index contributed by atoms with van der Waals surface area (Å²) in [6.07, 6.45) is 3.16. The first-order valence-electron chi connectivity index (χ1n) is 12.4. The summed E-state index contributed by atoms with van der Waals surface area (Å²) < 4.78 is 10.6. The number of hydroxylamine groups is 1. The van der Waals surface area contributed by atoms with E-state index in [0.29, 0.717) is 22.7 Å². The average Bonchev–Trinajstić information content (AvgIpc) is 2.99. The Kier molecular flexibility index (Phi) is 9.11. The largest absolute Gasteiger partial charge is 0.497 e. The van der Waals surface area contributed by atoms with Gasteiger partial charge in [0.15, 0.2) is 0 Å². The van der Waals surface area contributed by atoms with E-state index in [4.69, 9.17) is 14.7 Å². The molecule has 0 aromatic heterocycles. The molecule has 4 aromatic carbocycles. The summed E-state index contributed by atoms with van der Waals surface area (Å²) in [7, 11) is 3.08. The molecule has 0 aliphatic rings. The van der Waals surface area contributed by atoms with Crippen LogP contribution in [0.4, 0.5) is 5.69 Å². The van der Waals surface area contributed by atoms with Crippen molar-refractivity contribution >= 4 is 40.3 Å². The number of benzene rings is 4. The average molecular weight is 540 g/mol. The fourth-order valence-corrected chi connectivity index (χ4v) is 4.16. The molecule has 0 radical (unpaired) electrons. The second-order valence-electron chi connectivity index (χ2n) is 8.90. The van der Waals surface area contributed by atoms with Gasteiger partial charge in [-0.15, -0.1) is 0 Å². The minimum Gasteiger partial charge on any atom is -0.497 e. The molecule has 4 aromatic rings. The smallest absolute Gasteiger partial charge is 0.274 e. The van der Waals surface area contributed by atoms with Crippen molar-refractivity contribution in [3.8, 4) is 11.5 Å². The predicted molar refractivity (Wildman–Crippen MR) is 152 cm³/mol. The van der Waals surface area contributed by atoms with Crippen LogP contribution in [0.3, 0.4) is 0 Å². The summed E-state index contributed by atoms with van der Waals surface area (Å²) in [6.45, 7) is 0. The molecule has 204 valence electrons. The third kappa shape index (κ3) is 7.03. The van der Waals surface area contributed by atoms with Gasteiger partial charge >= 0.3 is 0 Å². The van der Waals surface area contributed by atoms with E-state index in [0.717, 1.165) is 16.3 Å². The zero-order chi connectivity index (χ0) is 28.5. The third-order valence-corrected chi connectivity index (χ3v) is 6.25. The lowest BCUT2D eigenvalue weighted by molar-refractivity contribution is -0.123. The fourth-order valence-electron chi connectivity index (χ4n) is 4.16. The topological polar surface area (TPSA) is 126 Å². The lowest BCUT2D eigenvalue weighted by Crippen LogP contribution is -2.44. The number of nitrogens with one attached hydrogen (secondary N) is 3. The molecule has 0 unspecified atom stereocenters. The normalized spacial score (nSPS) is 11.6. The summed E-state index contributed by atoms with van der Waals surface area (Å²) in [5, 5.41) is 16.5. The lowest BCUT2D eigenvalue weighted by atomic mass is 10.0. The van der Waals surface area contributed by atoms with Gasteiger partial charge in [-0.05, 0) is 64.9 Å². The molecule has 0 aliphatic carbocycles. The molecular formula is C31H29N3O6. The molecule has 0 saturated heterocycles. The fraction of sp³-hybridized carbons (Fsp3) is 0.129. The van der Waals surface area contributed by atoms with E-state index >= 15 is 0 Å². The summed E-state index contributed by atoms with van der Waals surface area (Å²) in [6, 6.07) is 24.1. The van der Waals surface area contributed by atoms with E-state index < -0.39 is 23.8 Å². The van der Waals surface area contributed by atoms with Crippen molar-refractivity contribution in [2.24, 2.45) is 0 Å². The molecule has 0 saturated carbocycles. The van der Waals surface area contributed by atoms with Crippen molar-refractivity contribution in [3.63, 3.8) is 0 Å². The van der Waals surface area contributed by atoms with Gasteiger partial charge in [0.2, 0.25) is 11.8 Å². The number of ether oxygens (including phenoxy) is 2. The zero-order valence-electron chi connectivity index (χ0n) is 22.0. The highest BCUT2D eigenvalue weighted by molar-refractivity contribution is 6.01. The Morgan fingerprint density at radius 3 is 2.33 bits per heavy atom. The van der Waals surface area contributed by atoms with Crippen molar-refractivity contribution in [2.75, 3.05) is 19.5 Å². The van der Waals surface area contributed by atoms with Crippen LogP contribution in [-0.4, -0.2) is 43.2 Å². The first-order valence-corrected chi connectivity index (χ1v) is 12.4. The summed E-state index contributed by atoms with van der Waals surface area (Å²) >= 11 is 0. The maximum absolute atomic E-state index is 13.3. The van der Waals surface area contributed by atoms with Gasteiger partial charge in [0.25, 0.3) is 5.91 Å². The first kappa shape index (κ1) is 27.9. The Labute approximate surface area is 231 Å². The number of carbonyl (C=O) groups excluding carboxylic acids is 3. The van der Waals surface area contributed by atoms with E-state index in [-0.39, 0.29) is 12.0 Å². The van der Waals surface area contributed by atoms with Gasteiger partial charge in [-0.3, -0.25) is 19.6 Å². The Hall–Kier alpha value is -5.15. The Balaban J connectivity index is 1.55. The summed E-state index contributed by atoms with van der Waals surface area (Å²) in [5.41, 5.74) is 3.72. The third-order valence-electron chi connectivity index (χ3n) is 6.25. The monoisotopic (exact) mass is 539 g/mol. The van der Waals surface area contributed by atoms with Gasteiger partial charge in [-0.1, -0.05) is 42.5 Å². The van der Waals surface area contributed by atoms with Crippen molar-refractivity contribution in [3.05, 3.63) is 108 Å². The van der Waals surface area contributed by atoms with Crippen molar-refractivity contribution in [1.82, 2.24) is 10.8 Å². The number of carbonyl (C=O) groups is 3. The summed E-state index contributed by atoms with van der Waals surface area (Å²) in [5.74, 6) is -0.404. The van der Waals surface area contributed by atoms with Crippen LogP contribution < -0.4 is 25.6 Å². The van der Waals surface area contributed by atoms with Crippen molar-refractivity contribution in [2.45, 2.75) is 12.5 Å². The molecular weight excluding hydrogens is 510 g/mol. The number of anilines is 1. The highest BCUT2D eigenvalue weighted by Crippen LogP contribution is 2.25. The molecule has 1 atom stereocenters. The van der Waals surface area contributed by atoms with Gasteiger partial charge in [0.05, 0.1) is 14.2 Å². The van der Waals surface area contributed by atoms with Gasteiger partial charge < -0.3 is 20.1 Å². The number of rotatable bonds is 10. The minimum absolute atomic E-state index is 0.222. The molecule has 9 nitrogen and oxygen atoms in total. The number of amides is 3. The molecule has 0 bridgehead atoms. The van der Waals surface area contributed by atoms with E-state index in [2.05, 4.69) is 10.6 Å². The molecule has 0 fully saturated rings. The highest BCUT2D eigenvalue weighted by atomic mass is 16.5. The van der Waals surface area contributed by atoms with Crippen molar-refractivity contribution in [1.29, 1.82) is 0 Å². The van der Waals surface area contributed by atoms with Crippen LogP contribution >= 0.6 is 0 Å². The zero-order valence-corrected chi connectivity index (χ0v) is 22.0. The second kappa shape index (κ2) is 13.1.